The van der Waals surface area contributed by atoms with Crippen molar-refractivity contribution in [2.45, 2.75) is 58.2 Å². The number of carbonyl (C=O) groups excluding carboxylic acids is 2. The van der Waals surface area contributed by atoms with E-state index >= 15 is 0 Å². The molecule has 1 N–H and O–H groups in total. The molecule has 2 amide bonds. The van der Waals surface area contributed by atoms with E-state index < -0.39 is 21.6 Å². The smallest absolute Gasteiger partial charge is 0.243 e. The summed E-state index contributed by atoms with van der Waals surface area (Å²) in [5.74, 6) is 0.0551. The molecular weight excluding hydrogens is 618 g/mol. The van der Waals surface area contributed by atoms with Crippen LogP contribution in [0.3, 0.4) is 0 Å². The fourth-order valence-electron chi connectivity index (χ4n) is 4.56. The first-order valence-electron chi connectivity index (χ1n) is 13.8. The predicted molar refractivity (Wildman–Crippen MR) is 171 cm³/mol. The third-order valence-electron chi connectivity index (χ3n) is 6.53. The van der Waals surface area contributed by atoms with Gasteiger partial charge in [-0.2, -0.15) is 0 Å². The van der Waals surface area contributed by atoms with Gasteiger partial charge < -0.3 is 15.0 Å². The van der Waals surface area contributed by atoms with E-state index in [-0.39, 0.29) is 37.7 Å². The van der Waals surface area contributed by atoms with Crippen LogP contribution in [0.15, 0.2) is 83.3 Å². The van der Waals surface area contributed by atoms with Crippen LogP contribution in [-0.2, 0) is 32.6 Å². The summed E-state index contributed by atoms with van der Waals surface area (Å²) in [5, 5.41) is 3.06. The van der Waals surface area contributed by atoms with E-state index in [1.807, 2.05) is 75.4 Å². The number of sulfonamides is 1. The van der Waals surface area contributed by atoms with Gasteiger partial charge >= 0.3 is 0 Å². The maximum atomic E-state index is 13.9. The SMILES string of the molecule is COc1cccc(N(CCCC(=O)N(Cc2ccc(Br)cc2)[C@H](Cc2ccccc2)C(=O)NC(C)(C)C)S(C)(=O)=O)c1. The highest BCUT2D eigenvalue weighted by atomic mass is 79.9. The Bertz CT molecular complexity index is 1440. The van der Waals surface area contributed by atoms with Crippen LogP contribution in [0.4, 0.5) is 5.69 Å². The zero-order valence-electron chi connectivity index (χ0n) is 24.8. The first kappa shape index (κ1) is 33.1. The molecule has 10 heteroatoms. The molecule has 0 unspecified atom stereocenters. The highest BCUT2D eigenvalue weighted by Gasteiger charge is 2.32. The second-order valence-corrected chi connectivity index (χ2v) is 14.1. The molecule has 3 aromatic rings. The molecule has 42 heavy (non-hydrogen) atoms. The molecule has 0 aliphatic rings. The number of hydrogen-bond donors (Lipinski definition) is 1. The Balaban J connectivity index is 1.90. The molecule has 3 rings (SSSR count). The Morgan fingerprint density at radius 1 is 0.952 bits per heavy atom. The van der Waals surface area contributed by atoms with E-state index in [9.17, 15) is 18.0 Å². The number of halogens is 1. The van der Waals surface area contributed by atoms with Crippen molar-refractivity contribution in [2.75, 3.05) is 24.2 Å². The molecule has 0 aromatic heterocycles. The highest BCUT2D eigenvalue weighted by Crippen LogP contribution is 2.24. The van der Waals surface area contributed by atoms with Crippen molar-refractivity contribution in [2.24, 2.45) is 0 Å². The van der Waals surface area contributed by atoms with Gasteiger partial charge in [0.25, 0.3) is 0 Å². The molecule has 0 aliphatic heterocycles. The lowest BCUT2D eigenvalue weighted by atomic mass is 10.00. The van der Waals surface area contributed by atoms with Crippen molar-refractivity contribution in [3.8, 4) is 5.75 Å². The summed E-state index contributed by atoms with van der Waals surface area (Å²) in [6, 6.07) is 23.3. The standard InChI is InChI=1S/C32H40BrN3O5S/c1-32(2,3)34-31(38)29(21-24-11-7-6-8-12-24)35(23-25-16-18-26(33)19-17-25)30(37)15-10-20-36(42(5,39)40)27-13-9-14-28(22-27)41-4/h6-9,11-14,16-19,22,29H,10,15,20-21,23H2,1-5H3,(H,34,38)/t29-/m1/s1. The summed E-state index contributed by atoms with van der Waals surface area (Å²) >= 11 is 3.46. The summed E-state index contributed by atoms with van der Waals surface area (Å²) in [7, 11) is -2.10. The molecule has 8 nitrogen and oxygen atoms in total. The maximum Gasteiger partial charge on any atom is 0.243 e. The van der Waals surface area contributed by atoms with Gasteiger partial charge in [0, 0.05) is 42.0 Å². The van der Waals surface area contributed by atoms with Gasteiger partial charge in [0.05, 0.1) is 19.1 Å². The summed E-state index contributed by atoms with van der Waals surface area (Å²) in [5.41, 5.74) is 1.77. The third-order valence-corrected chi connectivity index (χ3v) is 8.25. The van der Waals surface area contributed by atoms with E-state index in [1.165, 1.54) is 11.4 Å². The lowest BCUT2D eigenvalue weighted by Gasteiger charge is -2.34. The van der Waals surface area contributed by atoms with E-state index in [2.05, 4.69) is 21.2 Å². The molecular formula is C32H40BrN3O5S. The topological polar surface area (TPSA) is 96.0 Å². The van der Waals surface area contributed by atoms with E-state index in [1.54, 1.807) is 29.2 Å². The van der Waals surface area contributed by atoms with Crippen molar-refractivity contribution in [1.29, 1.82) is 0 Å². The Labute approximate surface area is 258 Å². The second-order valence-electron chi connectivity index (χ2n) is 11.2. The molecule has 0 fully saturated rings. The summed E-state index contributed by atoms with van der Waals surface area (Å²) in [6.07, 6.45) is 1.80. The molecule has 0 spiro atoms. The van der Waals surface area contributed by atoms with E-state index in [0.29, 0.717) is 17.9 Å². The Hall–Kier alpha value is -3.37. The summed E-state index contributed by atoms with van der Waals surface area (Å²) in [6.45, 7) is 6.05. The van der Waals surface area contributed by atoms with Gasteiger partial charge in [0.15, 0.2) is 0 Å². The fraction of sp³-hybridized carbons (Fsp3) is 0.375. The molecule has 226 valence electrons. The van der Waals surface area contributed by atoms with Gasteiger partial charge in [-0.3, -0.25) is 13.9 Å². The van der Waals surface area contributed by atoms with Crippen LogP contribution in [0.2, 0.25) is 0 Å². The second kappa shape index (κ2) is 14.7. The van der Waals surface area contributed by atoms with Crippen LogP contribution in [-0.4, -0.2) is 56.6 Å². The average Bonchev–Trinajstić information content (AvgIpc) is 2.92. The molecule has 0 saturated carbocycles. The van der Waals surface area contributed by atoms with Crippen LogP contribution < -0.4 is 14.4 Å². The van der Waals surface area contributed by atoms with Gasteiger partial charge in [-0.25, -0.2) is 8.42 Å². The van der Waals surface area contributed by atoms with Gasteiger partial charge in [0.1, 0.15) is 11.8 Å². The molecule has 0 saturated heterocycles. The zero-order chi connectivity index (χ0) is 30.9. The maximum absolute atomic E-state index is 13.9. The Morgan fingerprint density at radius 2 is 1.62 bits per heavy atom. The van der Waals surface area contributed by atoms with Gasteiger partial charge in [-0.05, 0) is 62.6 Å². The Kier molecular flexibility index (Phi) is 11.6. The quantitative estimate of drug-likeness (QED) is 0.260. The molecule has 1 atom stereocenters. The van der Waals surface area contributed by atoms with E-state index in [4.69, 9.17) is 4.74 Å². The number of rotatable bonds is 13. The predicted octanol–water partition coefficient (Wildman–Crippen LogP) is 5.56. The number of nitrogens with zero attached hydrogens (tertiary/aromatic N) is 2. The zero-order valence-corrected chi connectivity index (χ0v) is 27.2. The average molecular weight is 659 g/mol. The van der Waals surface area contributed by atoms with Crippen LogP contribution in [0, 0.1) is 0 Å². The van der Waals surface area contributed by atoms with Crippen LogP contribution in [0.1, 0.15) is 44.7 Å². The number of nitrogens with one attached hydrogen (secondary N) is 1. The first-order chi connectivity index (χ1) is 19.8. The molecule has 0 heterocycles. The largest absolute Gasteiger partial charge is 0.497 e. The van der Waals surface area contributed by atoms with Crippen molar-refractivity contribution in [1.82, 2.24) is 10.2 Å². The Morgan fingerprint density at radius 3 is 2.21 bits per heavy atom. The van der Waals surface area contributed by atoms with Gasteiger partial charge in [-0.15, -0.1) is 0 Å². The van der Waals surface area contributed by atoms with Gasteiger partial charge in [-0.1, -0.05) is 64.5 Å². The minimum atomic E-state index is -3.62. The molecule has 3 aromatic carbocycles. The molecule has 0 aliphatic carbocycles. The van der Waals surface area contributed by atoms with Gasteiger partial charge in [0.2, 0.25) is 21.8 Å². The number of methoxy groups -OCH3 is 1. The highest BCUT2D eigenvalue weighted by molar-refractivity contribution is 9.10. The minimum Gasteiger partial charge on any atom is -0.497 e. The third kappa shape index (κ3) is 10.2. The number of amides is 2. The van der Waals surface area contributed by atoms with Crippen molar-refractivity contribution < 1.29 is 22.7 Å². The fourth-order valence-corrected chi connectivity index (χ4v) is 5.78. The molecule has 0 radical (unpaired) electrons. The number of ether oxygens (including phenoxy) is 1. The van der Waals surface area contributed by atoms with E-state index in [0.717, 1.165) is 21.9 Å². The lowest BCUT2D eigenvalue weighted by molar-refractivity contribution is -0.142. The van der Waals surface area contributed by atoms with Crippen molar-refractivity contribution >= 4 is 43.5 Å². The normalized spacial score (nSPS) is 12.3. The lowest BCUT2D eigenvalue weighted by Crippen LogP contribution is -2.54. The molecule has 0 bridgehead atoms. The monoisotopic (exact) mass is 657 g/mol. The first-order valence-corrected chi connectivity index (χ1v) is 16.4. The minimum absolute atomic E-state index is 0.0562. The van der Waals surface area contributed by atoms with Crippen LogP contribution in [0.25, 0.3) is 0 Å². The van der Waals surface area contributed by atoms with Crippen molar-refractivity contribution in [3.05, 3.63) is 94.5 Å². The number of benzene rings is 3. The summed E-state index contributed by atoms with van der Waals surface area (Å²) < 4.78 is 32.8. The number of anilines is 1. The number of hydrogen-bond acceptors (Lipinski definition) is 5. The van der Waals surface area contributed by atoms with Crippen LogP contribution >= 0.6 is 15.9 Å². The van der Waals surface area contributed by atoms with Crippen LogP contribution in [0.5, 0.6) is 5.75 Å². The number of carbonyl (C=O) groups is 2. The van der Waals surface area contributed by atoms with Crippen molar-refractivity contribution in [3.63, 3.8) is 0 Å². The summed E-state index contributed by atoms with van der Waals surface area (Å²) in [4.78, 5) is 29.3.